The third-order valence-electron chi connectivity index (χ3n) is 1.69. The highest BCUT2D eigenvalue weighted by Crippen LogP contribution is 1.96. The van der Waals surface area contributed by atoms with Crippen molar-refractivity contribution in [2.24, 2.45) is 5.73 Å². The first-order valence-corrected chi connectivity index (χ1v) is 4.73. The molecule has 2 nitrogen and oxygen atoms in total. The van der Waals surface area contributed by atoms with Gasteiger partial charge < -0.3 is 11.1 Å². The number of nitrogens with two attached hydrogens (primary N) is 1. The van der Waals surface area contributed by atoms with E-state index in [0.717, 1.165) is 19.5 Å². The number of hydrogen-bond donors (Lipinski definition) is 2. The van der Waals surface area contributed by atoms with Gasteiger partial charge in [-0.1, -0.05) is 13.3 Å². The lowest BCUT2D eigenvalue weighted by Crippen LogP contribution is -2.18. The van der Waals surface area contributed by atoms with Crippen molar-refractivity contribution in [3.05, 3.63) is 0 Å². The lowest BCUT2D eigenvalue weighted by atomic mass is 10.1. The van der Waals surface area contributed by atoms with Crippen LogP contribution in [0.4, 0.5) is 0 Å². The summed E-state index contributed by atoms with van der Waals surface area (Å²) < 4.78 is 0. The lowest BCUT2D eigenvalue weighted by molar-refractivity contribution is 0.562. The molecule has 0 aromatic carbocycles. The average Bonchev–Trinajstić information content (AvgIpc) is 1.96. The predicted octanol–water partition coefficient (Wildman–Crippen LogP) is 1.50. The van der Waals surface area contributed by atoms with E-state index in [4.69, 9.17) is 5.73 Å². The zero-order valence-corrected chi connectivity index (χ0v) is 7.90. The summed E-state index contributed by atoms with van der Waals surface area (Å²) in [6, 6.07) is 0.376. The maximum atomic E-state index is 5.61. The number of rotatable bonds is 7. The van der Waals surface area contributed by atoms with Crippen LogP contribution >= 0.6 is 0 Å². The van der Waals surface area contributed by atoms with Gasteiger partial charge in [0, 0.05) is 6.04 Å². The molecule has 0 aliphatic carbocycles. The van der Waals surface area contributed by atoms with E-state index in [1.807, 2.05) is 0 Å². The van der Waals surface area contributed by atoms with Gasteiger partial charge in [0.2, 0.25) is 0 Å². The zero-order chi connectivity index (χ0) is 8.53. The molecule has 0 aromatic rings. The van der Waals surface area contributed by atoms with Gasteiger partial charge in [0.15, 0.2) is 0 Å². The summed E-state index contributed by atoms with van der Waals surface area (Å²) in [4.78, 5) is 0. The fraction of sp³-hybridized carbons (Fsp3) is 1.00. The molecule has 0 fully saturated rings. The molecule has 1 atom stereocenters. The molecular formula is C9H22N2. The van der Waals surface area contributed by atoms with Crippen LogP contribution in [0.3, 0.4) is 0 Å². The van der Waals surface area contributed by atoms with Gasteiger partial charge in [-0.15, -0.1) is 0 Å². The van der Waals surface area contributed by atoms with Gasteiger partial charge in [-0.2, -0.15) is 0 Å². The fourth-order valence-electron chi connectivity index (χ4n) is 1.02. The Morgan fingerprint density at radius 2 is 2.00 bits per heavy atom. The van der Waals surface area contributed by atoms with Crippen LogP contribution < -0.4 is 11.1 Å². The summed E-state index contributed by atoms with van der Waals surface area (Å²) in [7, 11) is 0. The molecule has 68 valence electrons. The van der Waals surface area contributed by atoms with Crippen LogP contribution in [0.5, 0.6) is 0 Å². The Bertz CT molecular complexity index is 72.0. The standard InChI is InChI=1S/C9H22N2/c1-3-7-11-8-5-4-6-9(2)10/h9,11H,3-8,10H2,1-2H3. The molecule has 0 aliphatic heterocycles. The van der Waals surface area contributed by atoms with Crippen molar-refractivity contribution >= 4 is 0 Å². The molecule has 0 rings (SSSR count). The predicted molar refractivity (Wildman–Crippen MR) is 50.7 cm³/mol. The van der Waals surface area contributed by atoms with Crippen molar-refractivity contribution in [3.8, 4) is 0 Å². The smallest absolute Gasteiger partial charge is 0.00104 e. The van der Waals surface area contributed by atoms with Gasteiger partial charge in [0.05, 0.1) is 0 Å². The van der Waals surface area contributed by atoms with Gasteiger partial charge >= 0.3 is 0 Å². The van der Waals surface area contributed by atoms with Crippen LogP contribution in [0.1, 0.15) is 39.5 Å². The fourth-order valence-corrected chi connectivity index (χ4v) is 1.02. The number of nitrogens with one attached hydrogen (secondary N) is 1. The van der Waals surface area contributed by atoms with Crippen LogP contribution in [0.15, 0.2) is 0 Å². The molecule has 0 heterocycles. The third-order valence-corrected chi connectivity index (χ3v) is 1.69. The first-order valence-electron chi connectivity index (χ1n) is 4.73. The quantitative estimate of drug-likeness (QED) is 0.551. The first-order chi connectivity index (χ1) is 5.27. The average molecular weight is 158 g/mol. The van der Waals surface area contributed by atoms with Gasteiger partial charge in [-0.05, 0) is 39.3 Å². The maximum absolute atomic E-state index is 5.61. The van der Waals surface area contributed by atoms with Crippen LogP contribution in [0, 0.1) is 0 Å². The van der Waals surface area contributed by atoms with Crippen molar-refractivity contribution in [2.45, 2.75) is 45.6 Å². The van der Waals surface area contributed by atoms with Crippen LogP contribution in [0.25, 0.3) is 0 Å². The van der Waals surface area contributed by atoms with E-state index in [9.17, 15) is 0 Å². The zero-order valence-electron chi connectivity index (χ0n) is 7.90. The van der Waals surface area contributed by atoms with E-state index in [2.05, 4.69) is 19.2 Å². The Balaban J connectivity index is 2.80. The summed E-state index contributed by atoms with van der Waals surface area (Å²) in [5.74, 6) is 0. The summed E-state index contributed by atoms with van der Waals surface area (Å²) >= 11 is 0. The number of hydrogen-bond acceptors (Lipinski definition) is 2. The van der Waals surface area contributed by atoms with Crippen molar-refractivity contribution in [1.29, 1.82) is 0 Å². The molecule has 0 aliphatic rings. The monoisotopic (exact) mass is 158 g/mol. The molecular weight excluding hydrogens is 136 g/mol. The third kappa shape index (κ3) is 9.92. The summed E-state index contributed by atoms with van der Waals surface area (Å²) in [5.41, 5.74) is 5.61. The van der Waals surface area contributed by atoms with Gasteiger partial charge in [-0.25, -0.2) is 0 Å². The van der Waals surface area contributed by atoms with Gasteiger partial charge in [0.25, 0.3) is 0 Å². The Morgan fingerprint density at radius 3 is 2.55 bits per heavy atom. The summed E-state index contributed by atoms with van der Waals surface area (Å²) in [5, 5.41) is 3.37. The molecule has 0 spiro atoms. The molecule has 0 bridgehead atoms. The van der Waals surface area contributed by atoms with Crippen LogP contribution in [-0.2, 0) is 0 Å². The SMILES string of the molecule is CCCNCCCCC(C)N. The summed E-state index contributed by atoms with van der Waals surface area (Å²) in [6.45, 7) is 6.56. The minimum Gasteiger partial charge on any atom is -0.328 e. The molecule has 2 heteroatoms. The van der Waals surface area contributed by atoms with E-state index in [-0.39, 0.29) is 0 Å². The second-order valence-corrected chi connectivity index (χ2v) is 3.22. The minimum atomic E-state index is 0.376. The Kier molecular flexibility index (Phi) is 7.96. The molecule has 1 unspecified atom stereocenters. The van der Waals surface area contributed by atoms with Crippen LogP contribution in [-0.4, -0.2) is 19.1 Å². The Hall–Kier alpha value is -0.0800. The van der Waals surface area contributed by atoms with Crippen LogP contribution in [0.2, 0.25) is 0 Å². The molecule has 0 saturated carbocycles. The topological polar surface area (TPSA) is 38.0 Å². The molecule has 3 N–H and O–H groups in total. The maximum Gasteiger partial charge on any atom is 0.00104 e. The Labute approximate surface area is 70.5 Å². The van der Waals surface area contributed by atoms with Gasteiger partial charge in [-0.3, -0.25) is 0 Å². The second-order valence-electron chi connectivity index (χ2n) is 3.22. The van der Waals surface area contributed by atoms with E-state index in [0.29, 0.717) is 6.04 Å². The molecule has 0 saturated heterocycles. The van der Waals surface area contributed by atoms with E-state index in [1.54, 1.807) is 0 Å². The van der Waals surface area contributed by atoms with Crippen molar-refractivity contribution in [1.82, 2.24) is 5.32 Å². The normalized spacial score (nSPS) is 13.4. The van der Waals surface area contributed by atoms with Crippen molar-refractivity contribution in [2.75, 3.05) is 13.1 Å². The summed E-state index contributed by atoms with van der Waals surface area (Å²) in [6.07, 6.45) is 4.91. The second kappa shape index (κ2) is 8.02. The highest BCUT2D eigenvalue weighted by Gasteiger charge is 1.92. The molecule has 0 aromatic heterocycles. The van der Waals surface area contributed by atoms with E-state index in [1.165, 1.54) is 19.3 Å². The number of unbranched alkanes of at least 4 members (excludes halogenated alkanes) is 1. The van der Waals surface area contributed by atoms with E-state index < -0.39 is 0 Å². The minimum absolute atomic E-state index is 0.376. The van der Waals surface area contributed by atoms with E-state index >= 15 is 0 Å². The van der Waals surface area contributed by atoms with Crippen molar-refractivity contribution < 1.29 is 0 Å². The van der Waals surface area contributed by atoms with Gasteiger partial charge in [0.1, 0.15) is 0 Å². The molecule has 11 heavy (non-hydrogen) atoms. The highest BCUT2D eigenvalue weighted by molar-refractivity contribution is 4.54. The first kappa shape index (κ1) is 10.9. The molecule has 0 radical (unpaired) electrons. The largest absolute Gasteiger partial charge is 0.328 e. The lowest BCUT2D eigenvalue weighted by Gasteiger charge is -2.04. The van der Waals surface area contributed by atoms with Crippen molar-refractivity contribution in [3.63, 3.8) is 0 Å². The Morgan fingerprint density at radius 1 is 1.27 bits per heavy atom. The highest BCUT2D eigenvalue weighted by atomic mass is 14.8. The molecule has 0 amide bonds.